The van der Waals surface area contributed by atoms with E-state index in [-0.39, 0.29) is 36.5 Å². The molecule has 0 aliphatic carbocycles. The number of benzene rings is 3. The molecule has 0 spiro atoms. The summed E-state index contributed by atoms with van der Waals surface area (Å²) >= 11 is 3.47. The Bertz CT molecular complexity index is 1200. The predicted octanol–water partition coefficient (Wildman–Crippen LogP) is 5.45. The lowest BCUT2D eigenvalue weighted by Crippen LogP contribution is -2.52. The zero-order chi connectivity index (χ0) is 26.1. The predicted molar refractivity (Wildman–Crippen MR) is 143 cm³/mol. The fraction of sp³-hybridized carbons (Fsp3) is 0.286. The first-order valence-electron chi connectivity index (χ1n) is 11.9. The molecule has 0 aliphatic rings. The maximum Gasteiger partial charge on any atom is 0.273 e. The summed E-state index contributed by atoms with van der Waals surface area (Å²) < 4.78 is 0.856. The summed E-state index contributed by atoms with van der Waals surface area (Å²) in [5.41, 5.74) is 1.96. The van der Waals surface area contributed by atoms with Crippen LogP contribution in [0.4, 0.5) is 5.69 Å². The molecule has 0 heterocycles. The fourth-order valence-corrected chi connectivity index (χ4v) is 4.38. The Morgan fingerprint density at radius 3 is 2.33 bits per heavy atom. The van der Waals surface area contributed by atoms with E-state index in [1.165, 1.54) is 6.07 Å². The number of halogens is 1. The van der Waals surface area contributed by atoms with Crippen LogP contribution in [0, 0.1) is 10.1 Å². The summed E-state index contributed by atoms with van der Waals surface area (Å²) in [5.74, 6) is -0.608. The molecular formula is C28H30BrN3O4. The van der Waals surface area contributed by atoms with Crippen molar-refractivity contribution in [3.8, 4) is 0 Å². The van der Waals surface area contributed by atoms with Gasteiger partial charge < -0.3 is 10.2 Å². The van der Waals surface area contributed by atoms with E-state index in [2.05, 4.69) is 21.2 Å². The molecule has 2 amide bonds. The number of nitrogens with zero attached hydrogens (tertiary/aromatic N) is 2. The van der Waals surface area contributed by atoms with E-state index in [9.17, 15) is 19.7 Å². The van der Waals surface area contributed by atoms with E-state index in [4.69, 9.17) is 0 Å². The average molecular weight is 552 g/mol. The topological polar surface area (TPSA) is 92.6 Å². The van der Waals surface area contributed by atoms with Gasteiger partial charge >= 0.3 is 0 Å². The summed E-state index contributed by atoms with van der Waals surface area (Å²) in [6, 6.07) is 22.4. The van der Waals surface area contributed by atoms with E-state index in [1.807, 2.05) is 68.4 Å². The second-order valence-electron chi connectivity index (χ2n) is 8.74. The maximum atomic E-state index is 13.8. The van der Waals surface area contributed by atoms with Crippen LogP contribution in [0.5, 0.6) is 0 Å². The molecule has 0 saturated carbocycles. The van der Waals surface area contributed by atoms with Gasteiger partial charge in [-0.05, 0) is 36.6 Å². The third-order valence-corrected chi connectivity index (χ3v) is 6.54. The van der Waals surface area contributed by atoms with Crippen LogP contribution in [0.1, 0.15) is 37.0 Å². The van der Waals surface area contributed by atoms with Gasteiger partial charge in [-0.3, -0.25) is 19.7 Å². The molecule has 0 saturated heterocycles. The van der Waals surface area contributed by atoms with Crippen molar-refractivity contribution in [2.45, 2.75) is 51.7 Å². The molecule has 2 atom stereocenters. The van der Waals surface area contributed by atoms with Gasteiger partial charge in [-0.2, -0.15) is 0 Å². The molecule has 0 aliphatic heterocycles. The van der Waals surface area contributed by atoms with Gasteiger partial charge in [0.2, 0.25) is 11.8 Å². The Kier molecular flexibility index (Phi) is 9.76. The first kappa shape index (κ1) is 27.1. The van der Waals surface area contributed by atoms with Crippen molar-refractivity contribution in [3.63, 3.8) is 0 Å². The summed E-state index contributed by atoms with van der Waals surface area (Å²) in [6.07, 6.45) is 0.881. The highest BCUT2D eigenvalue weighted by atomic mass is 79.9. The van der Waals surface area contributed by atoms with Crippen molar-refractivity contribution in [1.82, 2.24) is 10.2 Å². The number of amides is 2. The minimum atomic E-state index is -0.796. The zero-order valence-electron chi connectivity index (χ0n) is 20.4. The van der Waals surface area contributed by atoms with Gasteiger partial charge in [0.25, 0.3) is 5.69 Å². The number of nitro groups is 1. The van der Waals surface area contributed by atoms with Crippen LogP contribution in [0.25, 0.3) is 0 Å². The molecule has 8 heteroatoms. The Morgan fingerprint density at radius 1 is 1.00 bits per heavy atom. The lowest BCUT2D eigenvalue weighted by Gasteiger charge is -2.32. The molecule has 188 valence electrons. The molecule has 0 unspecified atom stereocenters. The van der Waals surface area contributed by atoms with Gasteiger partial charge in [0.15, 0.2) is 0 Å². The third-order valence-electron chi connectivity index (χ3n) is 6.04. The van der Waals surface area contributed by atoms with Crippen LogP contribution in [0.15, 0.2) is 83.3 Å². The molecule has 3 rings (SSSR count). The molecule has 3 aromatic rings. The third kappa shape index (κ3) is 7.49. The molecule has 0 radical (unpaired) electrons. The Hall–Kier alpha value is -3.52. The molecule has 0 bridgehead atoms. The highest BCUT2D eigenvalue weighted by molar-refractivity contribution is 9.10. The molecule has 1 N–H and O–H groups in total. The lowest BCUT2D eigenvalue weighted by atomic mass is 10.0. The van der Waals surface area contributed by atoms with Crippen LogP contribution < -0.4 is 5.32 Å². The summed E-state index contributed by atoms with van der Waals surface area (Å²) in [4.78, 5) is 39.9. The Balaban J connectivity index is 2.02. The smallest absolute Gasteiger partial charge is 0.273 e. The summed E-state index contributed by atoms with van der Waals surface area (Å²) in [7, 11) is 0. The number of hydrogen-bond acceptors (Lipinski definition) is 4. The normalized spacial score (nSPS) is 12.4. The monoisotopic (exact) mass is 551 g/mol. The molecule has 36 heavy (non-hydrogen) atoms. The number of rotatable bonds is 11. The van der Waals surface area contributed by atoms with Crippen molar-refractivity contribution in [2.24, 2.45) is 0 Å². The number of hydrogen-bond donors (Lipinski definition) is 1. The number of carbonyl (C=O) groups excluding carboxylic acids is 2. The lowest BCUT2D eigenvalue weighted by molar-refractivity contribution is -0.385. The molecule has 3 aromatic carbocycles. The number of nitro benzene ring substituents is 1. The van der Waals surface area contributed by atoms with Gasteiger partial charge in [-0.1, -0.05) is 83.5 Å². The van der Waals surface area contributed by atoms with Gasteiger partial charge in [0, 0.05) is 35.1 Å². The van der Waals surface area contributed by atoms with Crippen LogP contribution >= 0.6 is 15.9 Å². The summed E-state index contributed by atoms with van der Waals surface area (Å²) in [5, 5.41) is 14.6. The minimum absolute atomic E-state index is 0.0613. The number of nitrogens with one attached hydrogen (secondary N) is 1. The first-order chi connectivity index (χ1) is 17.3. The van der Waals surface area contributed by atoms with Crippen molar-refractivity contribution < 1.29 is 14.5 Å². The van der Waals surface area contributed by atoms with Gasteiger partial charge in [-0.15, -0.1) is 0 Å². The van der Waals surface area contributed by atoms with E-state index in [0.717, 1.165) is 22.0 Å². The second-order valence-corrected chi connectivity index (χ2v) is 9.65. The Morgan fingerprint density at radius 2 is 1.67 bits per heavy atom. The van der Waals surface area contributed by atoms with Gasteiger partial charge in [0.05, 0.1) is 11.3 Å². The van der Waals surface area contributed by atoms with E-state index < -0.39 is 11.0 Å². The summed E-state index contributed by atoms with van der Waals surface area (Å²) in [6.45, 7) is 4.09. The fourth-order valence-electron chi connectivity index (χ4n) is 3.93. The largest absolute Gasteiger partial charge is 0.352 e. The van der Waals surface area contributed by atoms with E-state index in [1.54, 1.807) is 23.1 Å². The second kappa shape index (κ2) is 13.0. The highest BCUT2D eigenvalue weighted by Gasteiger charge is 2.32. The van der Waals surface area contributed by atoms with Crippen LogP contribution in [-0.4, -0.2) is 33.7 Å². The molecule has 0 fully saturated rings. The van der Waals surface area contributed by atoms with Crippen molar-refractivity contribution in [3.05, 3.63) is 110 Å². The van der Waals surface area contributed by atoms with Crippen molar-refractivity contribution >= 4 is 33.4 Å². The Labute approximate surface area is 219 Å². The molecule has 7 nitrogen and oxygen atoms in total. The standard InChI is InChI=1S/C28H30BrN3O4/c1-3-20(2)30-28(34)26(17-21-10-5-4-6-11-21)31(19-22-12-9-14-24(29)16-22)27(33)18-23-13-7-8-15-25(23)32(35)36/h4-16,20,26H,3,17-19H2,1-2H3,(H,30,34)/t20-,26-/m1/s1. The van der Waals surface area contributed by atoms with E-state index in [0.29, 0.717) is 12.0 Å². The zero-order valence-corrected chi connectivity index (χ0v) is 22.0. The average Bonchev–Trinajstić information content (AvgIpc) is 2.86. The number of carbonyl (C=O) groups is 2. The van der Waals surface area contributed by atoms with Crippen molar-refractivity contribution in [2.75, 3.05) is 0 Å². The van der Waals surface area contributed by atoms with Gasteiger partial charge in [-0.25, -0.2) is 0 Å². The van der Waals surface area contributed by atoms with Crippen LogP contribution in [0.2, 0.25) is 0 Å². The number of para-hydroxylation sites is 1. The maximum absolute atomic E-state index is 13.8. The quantitative estimate of drug-likeness (QED) is 0.253. The SMILES string of the molecule is CC[C@@H](C)NC(=O)[C@@H](Cc1ccccc1)N(Cc1cccc(Br)c1)C(=O)Cc1ccccc1[N+](=O)[O-]. The van der Waals surface area contributed by atoms with Crippen LogP contribution in [0.3, 0.4) is 0 Å². The van der Waals surface area contributed by atoms with Crippen LogP contribution in [-0.2, 0) is 29.0 Å². The molecule has 0 aromatic heterocycles. The minimum Gasteiger partial charge on any atom is -0.352 e. The van der Waals surface area contributed by atoms with E-state index >= 15 is 0 Å². The molecular weight excluding hydrogens is 522 g/mol. The highest BCUT2D eigenvalue weighted by Crippen LogP contribution is 2.22. The first-order valence-corrected chi connectivity index (χ1v) is 12.7. The van der Waals surface area contributed by atoms with Crippen molar-refractivity contribution in [1.29, 1.82) is 0 Å². The van der Waals surface area contributed by atoms with Gasteiger partial charge in [0.1, 0.15) is 6.04 Å².